The molecule has 1 heterocycles. The molecule has 0 bridgehead atoms. The summed E-state index contributed by atoms with van der Waals surface area (Å²) in [6.45, 7) is 11.0. The van der Waals surface area contributed by atoms with Crippen molar-refractivity contribution in [3.05, 3.63) is 101 Å². The molecule has 1 N–H and O–H groups in total. The van der Waals surface area contributed by atoms with Crippen LogP contribution in [0, 0.1) is 0 Å². The molecule has 0 spiro atoms. The van der Waals surface area contributed by atoms with Crippen molar-refractivity contribution in [2.45, 2.75) is 58.9 Å². The zero-order valence-electron chi connectivity index (χ0n) is 22.2. The molecule has 1 saturated heterocycles. The zero-order valence-corrected chi connectivity index (χ0v) is 22.2. The van der Waals surface area contributed by atoms with Gasteiger partial charge < -0.3 is 9.84 Å². The van der Waals surface area contributed by atoms with Crippen molar-refractivity contribution in [1.29, 1.82) is 0 Å². The Labute approximate surface area is 219 Å². The SMILES string of the molecule is CCCOc1cccc(/C(O)=C2\C(=O)C(=O)N(c3ccc(C(C)(C)C)cc3)C2c2ccc(CC)cc2)c1. The van der Waals surface area contributed by atoms with Gasteiger partial charge in [-0.25, -0.2) is 0 Å². The predicted octanol–water partition coefficient (Wildman–Crippen LogP) is 6.96. The average molecular weight is 498 g/mol. The summed E-state index contributed by atoms with van der Waals surface area (Å²) >= 11 is 0. The lowest BCUT2D eigenvalue weighted by molar-refractivity contribution is -0.132. The number of amides is 1. The Morgan fingerprint density at radius 3 is 2.22 bits per heavy atom. The minimum Gasteiger partial charge on any atom is -0.507 e. The van der Waals surface area contributed by atoms with Gasteiger partial charge in [0.25, 0.3) is 11.7 Å². The van der Waals surface area contributed by atoms with Crippen molar-refractivity contribution < 1.29 is 19.4 Å². The van der Waals surface area contributed by atoms with Crippen LogP contribution in [0.25, 0.3) is 5.76 Å². The maximum absolute atomic E-state index is 13.5. The second kappa shape index (κ2) is 10.6. The molecule has 1 aliphatic heterocycles. The molecule has 5 nitrogen and oxygen atoms in total. The molecule has 1 atom stereocenters. The van der Waals surface area contributed by atoms with Gasteiger partial charge in [0.2, 0.25) is 0 Å². The summed E-state index contributed by atoms with van der Waals surface area (Å²) in [4.78, 5) is 28.4. The van der Waals surface area contributed by atoms with Crippen LogP contribution in [0.4, 0.5) is 5.69 Å². The van der Waals surface area contributed by atoms with Crippen molar-refractivity contribution in [2.75, 3.05) is 11.5 Å². The van der Waals surface area contributed by atoms with Gasteiger partial charge in [-0.1, -0.05) is 83.1 Å². The third-order valence-corrected chi connectivity index (χ3v) is 6.74. The molecule has 1 amide bonds. The second-order valence-electron chi connectivity index (χ2n) is 10.4. The van der Waals surface area contributed by atoms with E-state index >= 15 is 0 Å². The van der Waals surface area contributed by atoms with E-state index in [1.165, 1.54) is 4.90 Å². The number of aliphatic hydroxyl groups excluding tert-OH is 1. The van der Waals surface area contributed by atoms with Gasteiger partial charge in [0.05, 0.1) is 18.2 Å². The Kier molecular flexibility index (Phi) is 7.53. The summed E-state index contributed by atoms with van der Waals surface area (Å²) in [6.07, 6.45) is 1.72. The smallest absolute Gasteiger partial charge is 0.300 e. The normalized spacial score (nSPS) is 17.3. The maximum Gasteiger partial charge on any atom is 0.300 e. The number of aryl methyl sites for hydroxylation is 1. The summed E-state index contributed by atoms with van der Waals surface area (Å²) in [7, 11) is 0. The van der Waals surface area contributed by atoms with Crippen molar-refractivity contribution >= 4 is 23.1 Å². The number of hydrogen-bond acceptors (Lipinski definition) is 4. The van der Waals surface area contributed by atoms with Gasteiger partial charge in [0.1, 0.15) is 11.5 Å². The molecule has 1 aliphatic rings. The summed E-state index contributed by atoms with van der Waals surface area (Å²) in [6, 6.07) is 21.8. The predicted molar refractivity (Wildman–Crippen MR) is 148 cm³/mol. The maximum atomic E-state index is 13.5. The number of carbonyl (C=O) groups is 2. The largest absolute Gasteiger partial charge is 0.507 e. The molecule has 192 valence electrons. The van der Waals surface area contributed by atoms with Crippen LogP contribution in [0.5, 0.6) is 5.75 Å². The highest BCUT2D eigenvalue weighted by Gasteiger charge is 2.47. The van der Waals surface area contributed by atoms with E-state index < -0.39 is 17.7 Å². The van der Waals surface area contributed by atoms with E-state index in [4.69, 9.17) is 4.74 Å². The fourth-order valence-corrected chi connectivity index (χ4v) is 4.58. The number of nitrogens with zero attached hydrogens (tertiary/aromatic N) is 1. The number of ketones is 1. The van der Waals surface area contributed by atoms with E-state index in [1.807, 2.05) is 61.5 Å². The summed E-state index contributed by atoms with van der Waals surface area (Å²) < 4.78 is 5.73. The van der Waals surface area contributed by atoms with E-state index in [-0.39, 0.29) is 16.7 Å². The fraction of sp³-hybridized carbons (Fsp3) is 0.312. The molecule has 0 aliphatic carbocycles. The van der Waals surface area contributed by atoms with E-state index in [1.54, 1.807) is 18.2 Å². The third-order valence-electron chi connectivity index (χ3n) is 6.74. The van der Waals surface area contributed by atoms with Gasteiger partial charge in [-0.3, -0.25) is 14.5 Å². The number of benzene rings is 3. The first-order chi connectivity index (χ1) is 17.7. The van der Waals surface area contributed by atoms with Crippen LogP contribution >= 0.6 is 0 Å². The van der Waals surface area contributed by atoms with E-state index in [2.05, 4.69) is 27.7 Å². The van der Waals surface area contributed by atoms with Crippen LogP contribution in [-0.2, 0) is 21.4 Å². The number of rotatable bonds is 7. The molecular weight excluding hydrogens is 462 g/mol. The minimum absolute atomic E-state index is 0.0487. The van der Waals surface area contributed by atoms with Crippen LogP contribution in [0.3, 0.4) is 0 Å². The van der Waals surface area contributed by atoms with Crippen LogP contribution in [0.2, 0.25) is 0 Å². The van der Waals surface area contributed by atoms with Crippen molar-refractivity contribution in [3.8, 4) is 5.75 Å². The molecule has 0 radical (unpaired) electrons. The van der Waals surface area contributed by atoms with Crippen LogP contribution in [0.15, 0.2) is 78.4 Å². The highest BCUT2D eigenvalue weighted by atomic mass is 16.5. The standard InChI is InChI=1S/C32H35NO4/c1-6-19-37-26-10-8-9-23(20-26)29(34)27-28(22-13-11-21(7-2)12-14-22)33(31(36)30(27)35)25-17-15-24(16-18-25)32(3,4)5/h8-18,20,28,34H,6-7,19H2,1-5H3/b29-27+. The van der Waals surface area contributed by atoms with Gasteiger partial charge in [-0.05, 0) is 59.2 Å². The fourth-order valence-electron chi connectivity index (χ4n) is 4.58. The zero-order chi connectivity index (χ0) is 26.7. The van der Waals surface area contributed by atoms with Crippen molar-refractivity contribution in [1.82, 2.24) is 0 Å². The van der Waals surface area contributed by atoms with E-state index in [0.717, 1.165) is 29.5 Å². The molecule has 37 heavy (non-hydrogen) atoms. The van der Waals surface area contributed by atoms with E-state index in [9.17, 15) is 14.7 Å². The number of aliphatic hydroxyl groups is 1. The van der Waals surface area contributed by atoms with Gasteiger partial charge >= 0.3 is 0 Å². The molecule has 3 aromatic rings. The first-order valence-electron chi connectivity index (χ1n) is 12.9. The summed E-state index contributed by atoms with van der Waals surface area (Å²) in [5, 5.41) is 11.4. The molecule has 3 aromatic carbocycles. The number of ether oxygens (including phenoxy) is 1. The van der Waals surface area contributed by atoms with Crippen LogP contribution in [-0.4, -0.2) is 23.4 Å². The third kappa shape index (κ3) is 5.31. The van der Waals surface area contributed by atoms with Gasteiger partial charge in [0, 0.05) is 11.3 Å². The van der Waals surface area contributed by atoms with Crippen molar-refractivity contribution in [2.24, 2.45) is 0 Å². The van der Waals surface area contributed by atoms with Crippen LogP contribution < -0.4 is 9.64 Å². The Morgan fingerprint density at radius 2 is 1.62 bits per heavy atom. The lowest BCUT2D eigenvalue weighted by Gasteiger charge is -2.27. The Hall–Kier alpha value is -3.86. The van der Waals surface area contributed by atoms with Crippen molar-refractivity contribution in [3.63, 3.8) is 0 Å². The van der Waals surface area contributed by atoms with Gasteiger partial charge in [0.15, 0.2) is 0 Å². The molecule has 1 fully saturated rings. The molecule has 1 unspecified atom stereocenters. The van der Waals surface area contributed by atoms with Gasteiger partial charge in [-0.2, -0.15) is 0 Å². The minimum atomic E-state index is -0.758. The Balaban J connectivity index is 1.86. The number of Topliss-reactive ketones (excluding diaryl/α,β-unsaturated/α-hetero) is 1. The monoisotopic (exact) mass is 497 g/mol. The molecular formula is C32H35NO4. The average Bonchev–Trinajstić information content (AvgIpc) is 3.17. The topological polar surface area (TPSA) is 66.8 Å². The lowest BCUT2D eigenvalue weighted by Crippen LogP contribution is -2.29. The Bertz CT molecular complexity index is 1310. The first kappa shape index (κ1) is 26.2. The highest BCUT2D eigenvalue weighted by Crippen LogP contribution is 2.43. The molecule has 0 aromatic heterocycles. The number of carbonyl (C=O) groups excluding carboxylic acids is 2. The first-order valence-corrected chi connectivity index (χ1v) is 12.9. The van der Waals surface area contributed by atoms with Gasteiger partial charge in [-0.15, -0.1) is 0 Å². The van der Waals surface area contributed by atoms with E-state index in [0.29, 0.717) is 23.6 Å². The molecule has 0 saturated carbocycles. The second-order valence-corrected chi connectivity index (χ2v) is 10.4. The molecule has 5 heteroatoms. The Morgan fingerprint density at radius 1 is 0.946 bits per heavy atom. The summed E-state index contributed by atoms with van der Waals surface area (Å²) in [5.74, 6) is -0.977. The molecule has 4 rings (SSSR count). The summed E-state index contributed by atoms with van der Waals surface area (Å²) in [5.41, 5.74) is 4.10. The number of hydrogen-bond donors (Lipinski definition) is 1. The number of anilines is 1. The quantitative estimate of drug-likeness (QED) is 0.218. The lowest BCUT2D eigenvalue weighted by atomic mass is 9.87. The highest BCUT2D eigenvalue weighted by molar-refractivity contribution is 6.51. The van der Waals surface area contributed by atoms with Crippen LogP contribution in [0.1, 0.15) is 69.3 Å².